The largest absolute Gasteiger partial charge is 0.443 e. The van der Waals surface area contributed by atoms with Crippen LogP contribution in [0.15, 0.2) is 30.3 Å². The number of anilines is 1. The van der Waals surface area contributed by atoms with Gasteiger partial charge in [-0.05, 0) is 45.2 Å². The molecular weight excluding hydrogens is 276 g/mol. The van der Waals surface area contributed by atoms with E-state index in [1.165, 1.54) is 0 Å². The van der Waals surface area contributed by atoms with E-state index in [1.807, 2.05) is 46.0 Å². The summed E-state index contributed by atoms with van der Waals surface area (Å²) in [5.41, 5.74) is 2.51. The zero-order chi connectivity index (χ0) is 16.3. The quantitative estimate of drug-likeness (QED) is 0.883. The summed E-state index contributed by atoms with van der Waals surface area (Å²) in [6.07, 6.45) is 2.82. The molecule has 0 radical (unpaired) electrons. The lowest BCUT2D eigenvalue weighted by Crippen LogP contribution is -2.39. The van der Waals surface area contributed by atoms with E-state index in [0.29, 0.717) is 12.5 Å². The molecule has 1 atom stereocenters. The summed E-state index contributed by atoms with van der Waals surface area (Å²) in [7, 11) is 1.89. The van der Waals surface area contributed by atoms with Crippen molar-refractivity contribution in [3.05, 3.63) is 35.9 Å². The molecule has 120 valence electrons. The molecule has 1 aromatic carbocycles. The SMILES string of the molecule is CNc1cccc(C2=CCC(C)CN2C(=O)OC(C)(C)C)c1. The Morgan fingerprint density at radius 1 is 1.36 bits per heavy atom. The second kappa shape index (κ2) is 6.42. The molecule has 0 aromatic heterocycles. The van der Waals surface area contributed by atoms with Crippen LogP contribution in [-0.2, 0) is 4.74 Å². The van der Waals surface area contributed by atoms with Gasteiger partial charge in [-0.2, -0.15) is 0 Å². The summed E-state index contributed by atoms with van der Waals surface area (Å²) >= 11 is 0. The van der Waals surface area contributed by atoms with Crippen molar-refractivity contribution < 1.29 is 9.53 Å². The lowest BCUT2D eigenvalue weighted by atomic mass is 9.98. The molecule has 0 saturated heterocycles. The van der Waals surface area contributed by atoms with Crippen molar-refractivity contribution in [3.8, 4) is 0 Å². The van der Waals surface area contributed by atoms with E-state index >= 15 is 0 Å². The molecule has 1 amide bonds. The van der Waals surface area contributed by atoms with Gasteiger partial charge < -0.3 is 10.1 Å². The first-order valence-electron chi connectivity index (χ1n) is 7.79. The Morgan fingerprint density at radius 2 is 2.09 bits per heavy atom. The van der Waals surface area contributed by atoms with Gasteiger partial charge in [-0.1, -0.05) is 25.1 Å². The van der Waals surface area contributed by atoms with Crippen molar-refractivity contribution in [3.63, 3.8) is 0 Å². The topological polar surface area (TPSA) is 41.6 Å². The first-order chi connectivity index (χ1) is 10.3. The van der Waals surface area contributed by atoms with Crippen molar-refractivity contribution >= 4 is 17.5 Å². The maximum Gasteiger partial charge on any atom is 0.414 e. The lowest BCUT2D eigenvalue weighted by molar-refractivity contribution is 0.0327. The Bertz CT molecular complexity index is 573. The van der Waals surface area contributed by atoms with Crippen LogP contribution in [0, 0.1) is 5.92 Å². The van der Waals surface area contributed by atoms with E-state index in [2.05, 4.69) is 24.4 Å². The minimum atomic E-state index is -0.490. The molecular formula is C18H26N2O2. The van der Waals surface area contributed by atoms with Crippen LogP contribution < -0.4 is 5.32 Å². The van der Waals surface area contributed by atoms with E-state index < -0.39 is 5.60 Å². The molecule has 1 aromatic rings. The third-order valence-electron chi connectivity index (χ3n) is 3.56. The lowest BCUT2D eigenvalue weighted by Gasteiger charge is -2.34. The number of amides is 1. The van der Waals surface area contributed by atoms with Crippen LogP contribution in [0.2, 0.25) is 0 Å². The van der Waals surface area contributed by atoms with E-state index in [4.69, 9.17) is 4.74 Å². The highest BCUT2D eigenvalue weighted by Crippen LogP contribution is 2.30. The van der Waals surface area contributed by atoms with Crippen LogP contribution in [0.25, 0.3) is 5.70 Å². The Hall–Kier alpha value is -1.97. The van der Waals surface area contributed by atoms with Crippen LogP contribution in [-0.4, -0.2) is 30.2 Å². The molecule has 1 unspecified atom stereocenters. The average Bonchev–Trinajstić information content (AvgIpc) is 2.45. The van der Waals surface area contributed by atoms with Gasteiger partial charge >= 0.3 is 6.09 Å². The van der Waals surface area contributed by atoms with Gasteiger partial charge in [-0.25, -0.2) is 4.79 Å². The second-order valence-corrected chi connectivity index (χ2v) is 6.85. The number of benzene rings is 1. The van der Waals surface area contributed by atoms with E-state index in [9.17, 15) is 4.79 Å². The minimum absolute atomic E-state index is 0.278. The van der Waals surface area contributed by atoms with Crippen molar-refractivity contribution in [2.24, 2.45) is 5.92 Å². The van der Waals surface area contributed by atoms with E-state index in [-0.39, 0.29) is 6.09 Å². The maximum atomic E-state index is 12.5. The average molecular weight is 302 g/mol. The Labute approximate surface area is 133 Å². The van der Waals surface area contributed by atoms with Crippen molar-refractivity contribution in [2.75, 3.05) is 18.9 Å². The summed E-state index contributed by atoms with van der Waals surface area (Å²) in [6, 6.07) is 8.08. The van der Waals surface area contributed by atoms with Gasteiger partial charge in [-0.3, -0.25) is 4.90 Å². The number of hydrogen-bond acceptors (Lipinski definition) is 3. The fourth-order valence-corrected chi connectivity index (χ4v) is 2.51. The molecule has 0 spiro atoms. The molecule has 1 N–H and O–H groups in total. The van der Waals surface area contributed by atoms with Gasteiger partial charge in [0.2, 0.25) is 0 Å². The first kappa shape index (κ1) is 16.4. The number of carbonyl (C=O) groups excluding carboxylic acids is 1. The predicted octanol–water partition coefficient (Wildman–Crippen LogP) is 4.35. The molecule has 4 nitrogen and oxygen atoms in total. The van der Waals surface area contributed by atoms with E-state index in [1.54, 1.807) is 4.90 Å². The van der Waals surface area contributed by atoms with Crippen LogP contribution in [0.5, 0.6) is 0 Å². The fourth-order valence-electron chi connectivity index (χ4n) is 2.51. The fraction of sp³-hybridized carbons (Fsp3) is 0.500. The summed E-state index contributed by atoms with van der Waals surface area (Å²) < 4.78 is 5.56. The van der Waals surface area contributed by atoms with Crippen molar-refractivity contribution in [1.82, 2.24) is 4.90 Å². The van der Waals surface area contributed by atoms with Gasteiger partial charge in [-0.15, -0.1) is 0 Å². The normalized spacial score (nSPS) is 18.7. The zero-order valence-electron chi connectivity index (χ0n) is 14.1. The predicted molar refractivity (Wildman–Crippen MR) is 90.7 cm³/mol. The van der Waals surface area contributed by atoms with Crippen molar-refractivity contribution in [2.45, 2.75) is 39.7 Å². The Kier molecular flexibility index (Phi) is 4.79. The summed E-state index contributed by atoms with van der Waals surface area (Å²) in [4.78, 5) is 14.3. The highest BCUT2D eigenvalue weighted by Gasteiger charge is 2.29. The molecule has 1 aliphatic rings. The van der Waals surface area contributed by atoms with Gasteiger partial charge in [0.15, 0.2) is 0 Å². The molecule has 0 fully saturated rings. The van der Waals surface area contributed by atoms with Gasteiger partial charge in [0.1, 0.15) is 5.60 Å². The number of ether oxygens (including phenoxy) is 1. The monoisotopic (exact) mass is 302 g/mol. The number of rotatable bonds is 2. The molecule has 22 heavy (non-hydrogen) atoms. The third-order valence-corrected chi connectivity index (χ3v) is 3.56. The van der Waals surface area contributed by atoms with Gasteiger partial charge in [0.25, 0.3) is 0 Å². The molecule has 0 aliphatic carbocycles. The molecule has 0 bridgehead atoms. The molecule has 1 aliphatic heterocycles. The molecule has 1 heterocycles. The van der Waals surface area contributed by atoms with E-state index in [0.717, 1.165) is 23.4 Å². The van der Waals surface area contributed by atoms with Crippen LogP contribution in [0.1, 0.15) is 39.7 Å². The van der Waals surface area contributed by atoms with Crippen LogP contribution in [0.4, 0.5) is 10.5 Å². The number of nitrogens with zero attached hydrogens (tertiary/aromatic N) is 1. The number of nitrogens with one attached hydrogen (secondary N) is 1. The maximum absolute atomic E-state index is 12.5. The standard InChI is InChI=1S/C18H26N2O2/c1-13-9-10-16(14-7-6-8-15(11-14)19-5)20(12-13)17(21)22-18(2,3)4/h6-8,10-11,13,19H,9,12H2,1-5H3. The Morgan fingerprint density at radius 3 is 2.73 bits per heavy atom. The summed E-state index contributed by atoms with van der Waals surface area (Å²) in [6.45, 7) is 8.51. The second-order valence-electron chi connectivity index (χ2n) is 6.85. The Balaban J connectivity index is 2.31. The zero-order valence-corrected chi connectivity index (χ0v) is 14.1. The van der Waals surface area contributed by atoms with Crippen LogP contribution >= 0.6 is 0 Å². The summed E-state index contributed by atoms with van der Waals surface area (Å²) in [5.74, 6) is 0.434. The molecule has 2 rings (SSSR count). The highest BCUT2D eigenvalue weighted by atomic mass is 16.6. The van der Waals surface area contributed by atoms with Gasteiger partial charge in [0, 0.05) is 24.8 Å². The van der Waals surface area contributed by atoms with Crippen LogP contribution in [0.3, 0.4) is 0 Å². The minimum Gasteiger partial charge on any atom is -0.443 e. The molecule has 4 heteroatoms. The molecule has 0 saturated carbocycles. The van der Waals surface area contributed by atoms with Gasteiger partial charge in [0.05, 0.1) is 5.70 Å². The first-order valence-corrected chi connectivity index (χ1v) is 7.79. The number of hydrogen-bond donors (Lipinski definition) is 1. The summed E-state index contributed by atoms with van der Waals surface area (Å²) in [5, 5.41) is 3.14. The van der Waals surface area contributed by atoms with Crippen molar-refractivity contribution in [1.29, 1.82) is 0 Å². The smallest absolute Gasteiger partial charge is 0.414 e. The number of allylic oxidation sites excluding steroid dienone is 1. The third kappa shape index (κ3) is 4.03. The number of carbonyl (C=O) groups is 1. The highest BCUT2D eigenvalue weighted by molar-refractivity contribution is 5.83.